The van der Waals surface area contributed by atoms with Gasteiger partial charge in [0.25, 0.3) is 0 Å². The van der Waals surface area contributed by atoms with Crippen LogP contribution >= 0.6 is 12.4 Å². The van der Waals surface area contributed by atoms with Crippen LogP contribution in [0.25, 0.3) is 0 Å². The molecule has 4 heteroatoms. The minimum absolute atomic E-state index is 0. The summed E-state index contributed by atoms with van der Waals surface area (Å²) in [4.78, 5) is 0. The summed E-state index contributed by atoms with van der Waals surface area (Å²) in [6, 6.07) is 6.44. The molecule has 1 unspecified atom stereocenters. The molecule has 1 aromatic carbocycles. The maximum atomic E-state index is 5.38. The first-order valence-electron chi connectivity index (χ1n) is 5.30. The van der Waals surface area contributed by atoms with Crippen molar-refractivity contribution in [1.29, 1.82) is 0 Å². The third-order valence-electron chi connectivity index (χ3n) is 2.88. The highest BCUT2D eigenvalue weighted by atomic mass is 35.5. The Morgan fingerprint density at radius 3 is 2.62 bits per heavy atom. The van der Waals surface area contributed by atoms with E-state index in [0.717, 1.165) is 18.0 Å². The van der Waals surface area contributed by atoms with Gasteiger partial charge in [0.15, 0.2) is 0 Å². The fraction of sp³-hybridized carbons (Fsp3) is 0.500. The van der Waals surface area contributed by atoms with Crippen LogP contribution < -0.4 is 14.8 Å². The lowest BCUT2D eigenvalue weighted by Gasteiger charge is -2.15. The van der Waals surface area contributed by atoms with Gasteiger partial charge in [0, 0.05) is 17.7 Å². The van der Waals surface area contributed by atoms with Gasteiger partial charge in [-0.2, -0.15) is 0 Å². The van der Waals surface area contributed by atoms with Crippen molar-refractivity contribution >= 4 is 12.4 Å². The normalized spacial score (nSPS) is 19.0. The summed E-state index contributed by atoms with van der Waals surface area (Å²) in [5.41, 5.74) is 1.23. The molecule has 1 aliphatic heterocycles. The number of hydrogen-bond donors (Lipinski definition) is 1. The van der Waals surface area contributed by atoms with E-state index in [1.165, 1.54) is 18.4 Å². The summed E-state index contributed by atoms with van der Waals surface area (Å²) in [5, 5.41) is 3.46. The van der Waals surface area contributed by atoms with E-state index >= 15 is 0 Å². The van der Waals surface area contributed by atoms with E-state index in [1.807, 2.05) is 12.1 Å². The summed E-state index contributed by atoms with van der Waals surface area (Å²) in [7, 11) is 3.37. The van der Waals surface area contributed by atoms with Crippen LogP contribution in [0.1, 0.15) is 24.4 Å². The van der Waals surface area contributed by atoms with Gasteiger partial charge in [-0.1, -0.05) is 6.07 Å². The Kier molecular flexibility index (Phi) is 4.90. The zero-order chi connectivity index (χ0) is 10.7. The van der Waals surface area contributed by atoms with E-state index in [1.54, 1.807) is 14.2 Å². The van der Waals surface area contributed by atoms with Gasteiger partial charge in [0.05, 0.1) is 14.2 Å². The highest BCUT2D eigenvalue weighted by Gasteiger charge is 2.19. The molecule has 0 spiro atoms. The summed E-state index contributed by atoms with van der Waals surface area (Å²) in [6.07, 6.45) is 2.42. The van der Waals surface area contributed by atoms with E-state index in [-0.39, 0.29) is 12.4 Å². The standard InChI is InChI=1S/C12H17NO2.ClH/c1-14-9-5-6-10(12(8-9)15-2)11-4-3-7-13-11;/h5-6,8,11,13H,3-4,7H2,1-2H3;1H. The molecule has 90 valence electrons. The first kappa shape index (κ1) is 13.1. The smallest absolute Gasteiger partial charge is 0.127 e. The molecule has 0 radical (unpaired) electrons. The van der Waals surface area contributed by atoms with Crippen LogP contribution in [-0.4, -0.2) is 20.8 Å². The maximum Gasteiger partial charge on any atom is 0.127 e. The predicted molar refractivity (Wildman–Crippen MR) is 66.8 cm³/mol. The van der Waals surface area contributed by atoms with Crippen LogP contribution in [0.2, 0.25) is 0 Å². The van der Waals surface area contributed by atoms with E-state index < -0.39 is 0 Å². The number of halogens is 1. The predicted octanol–water partition coefficient (Wildman–Crippen LogP) is 2.55. The molecule has 0 aliphatic carbocycles. The molecule has 1 fully saturated rings. The van der Waals surface area contributed by atoms with Crippen LogP contribution in [0.4, 0.5) is 0 Å². The largest absolute Gasteiger partial charge is 0.497 e. The molecular weight excluding hydrogens is 226 g/mol. The molecule has 0 saturated carbocycles. The molecule has 1 heterocycles. The molecule has 1 aliphatic rings. The van der Waals surface area contributed by atoms with E-state index in [0.29, 0.717) is 6.04 Å². The molecule has 1 saturated heterocycles. The van der Waals surface area contributed by atoms with Gasteiger partial charge in [-0.25, -0.2) is 0 Å². The maximum absolute atomic E-state index is 5.38. The highest BCUT2D eigenvalue weighted by molar-refractivity contribution is 5.85. The number of methoxy groups -OCH3 is 2. The van der Waals surface area contributed by atoms with Crippen molar-refractivity contribution in [2.75, 3.05) is 20.8 Å². The zero-order valence-corrected chi connectivity index (χ0v) is 10.5. The quantitative estimate of drug-likeness (QED) is 0.885. The van der Waals surface area contributed by atoms with Gasteiger partial charge in [0.1, 0.15) is 11.5 Å². The van der Waals surface area contributed by atoms with Crippen LogP contribution in [0.15, 0.2) is 18.2 Å². The number of ether oxygens (including phenoxy) is 2. The lowest BCUT2D eigenvalue weighted by molar-refractivity contribution is 0.387. The molecule has 0 bridgehead atoms. The van der Waals surface area contributed by atoms with Gasteiger partial charge in [-0.05, 0) is 25.5 Å². The third kappa shape index (κ3) is 2.60. The molecule has 3 nitrogen and oxygen atoms in total. The zero-order valence-electron chi connectivity index (χ0n) is 9.66. The summed E-state index contributed by atoms with van der Waals surface area (Å²) >= 11 is 0. The molecule has 0 amide bonds. The first-order chi connectivity index (χ1) is 7.35. The minimum atomic E-state index is 0. The number of rotatable bonds is 3. The summed E-state index contributed by atoms with van der Waals surface area (Å²) < 4.78 is 10.6. The summed E-state index contributed by atoms with van der Waals surface area (Å²) in [5.74, 6) is 1.75. The van der Waals surface area contributed by atoms with Crippen molar-refractivity contribution in [3.05, 3.63) is 23.8 Å². The lowest BCUT2D eigenvalue weighted by Crippen LogP contribution is -2.13. The Morgan fingerprint density at radius 1 is 1.25 bits per heavy atom. The van der Waals surface area contributed by atoms with E-state index in [2.05, 4.69) is 11.4 Å². The fourth-order valence-corrected chi connectivity index (χ4v) is 2.06. The second kappa shape index (κ2) is 5.97. The van der Waals surface area contributed by atoms with Crippen molar-refractivity contribution in [3.8, 4) is 11.5 Å². The monoisotopic (exact) mass is 243 g/mol. The van der Waals surface area contributed by atoms with Crippen molar-refractivity contribution < 1.29 is 9.47 Å². The fourth-order valence-electron chi connectivity index (χ4n) is 2.06. The molecular formula is C12H18ClNO2. The van der Waals surface area contributed by atoms with Gasteiger partial charge in [0.2, 0.25) is 0 Å². The Labute approximate surface area is 103 Å². The average Bonchev–Trinajstić information content (AvgIpc) is 2.81. The Morgan fingerprint density at radius 2 is 2.06 bits per heavy atom. The van der Waals surface area contributed by atoms with Crippen molar-refractivity contribution in [1.82, 2.24) is 5.32 Å². The third-order valence-corrected chi connectivity index (χ3v) is 2.88. The SMILES string of the molecule is COc1ccc(C2CCCN2)c(OC)c1.Cl. The average molecular weight is 244 g/mol. The van der Waals surface area contributed by atoms with Crippen molar-refractivity contribution in [2.45, 2.75) is 18.9 Å². The van der Waals surface area contributed by atoms with Gasteiger partial charge in [-0.3, -0.25) is 0 Å². The van der Waals surface area contributed by atoms with Crippen LogP contribution in [0.3, 0.4) is 0 Å². The van der Waals surface area contributed by atoms with Crippen LogP contribution in [-0.2, 0) is 0 Å². The number of nitrogens with one attached hydrogen (secondary N) is 1. The Balaban J connectivity index is 0.00000128. The number of benzene rings is 1. The topological polar surface area (TPSA) is 30.5 Å². The van der Waals surface area contributed by atoms with Crippen molar-refractivity contribution in [2.24, 2.45) is 0 Å². The molecule has 2 rings (SSSR count). The molecule has 1 atom stereocenters. The summed E-state index contributed by atoms with van der Waals surface area (Å²) in [6.45, 7) is 1.10. The van der Waals surface area contributed by atoms with Crippen molar-refractivity contribution in [3.63, 3.8) is 0 Å². The molecule has 0 aromatic heterocycles. The molecule has 16 heavy (non-hydrogen) atoms. The second-order valence-electron chi connectivity index (χ2n) is 3.76. The van der Waals surface area contributed by atoms with Gasteiger partial charge >= 0.3 is 0 Å². The number of hydrogen-bond acceptors (Lipinski definition) is 3. The second-order valence-corrected chi connectivity index (χ2v) is 3.76. The highest BCUT2D eigenvalue weighted by Crippen LogP contribution is 2.33. The van der Waals surface area contributed by atoms with Gasteiger partial charge in [-0.15, -0.1) is 12.4 Å². The van der Waals surface area contributed by atoms with Crippen LogP contribution in [0, 0.1) is 0 Å². The molecule has 1 N–H and O–H groups in total. The first-order valence-corrected chi connectivity index (χ1v) is 5.30. The minimum Gasteiger partial charge on any atom is -0.497 e. The van der Waals surface area contributed by atoms with E-state index in [9.17, 15) is 0 Å². The Hall–Kier alpha value is -0.930. The lowest BCUT2D eigenvalue weighted by atomic mass is 10.0. The van der Waals surface area contributed by atoms with Gasteiger partial charge < -0.3 is 14.8 Å². The molecule has 1 aromatic rings. The van der Waals surface area contributed by atoms with Crippen LogP contribution in [0.5, 0.6) is 11.5 Å². The van der Waals surface area contributed by atoms with E-state index in [4.69, 9.17) is 9.47 Å². The Bertz CT molecular complexity index is 338.